The van der Waals surface area contributed by atoms with Crippen LogP contribution in [0.15, 0.2) is 48.5 Å². The number of alkyl halides is 3. The molecular weight excluding hydrogens is 375 g/mol. The highest BCUT2D eigenvalue weighted by Crippen LogP contribution is 2.31. The van der Waals surface area contributed by atoms with E-state index < -0.39 is 11.7 Å². The van der Waals surface area contributed by atoms with E-state index in [1.54, 1.807) is 7.11 Å². The Morgan fingerprint density at radius 3 is 2.48 bits per heavy atom. The number of rotatable bonds is 6. The molecule has 0 aliphatic rings. The molecule has 0 spiro atoms. The zero-order valence-corrected chi connectivity index (χ0v) is 16.1. The minimum absolute atomic E-state index is 0.0394. The van der Waals surface area contributed by atoms with Gasteiger partial charge in [0, 0.05) is 17.8 Å². The Morgan fingerprint density at radius 2 is 1.85 bits per heavy atom. The van der Waals surface area contributed by atoms with Gasteiger partial charge in [0.05, 0.1) is 18.7 Å². The fraction of sp³-hybridized carbons (Fsp3) is 0.316. The SMILES string of the molecule is COc1ccccc1C(CNC(=S)Nc1cccc(C(F)(F)F)c1)N(C)C. The quantitative estimate of drug-likeness (QED) is 0.711. The molecule has 2 rings (SSSR count). The van der Waals surface area contributed by atoms with E-state index in [0.29, 0.717) is 6.54 Å². The van der Waals surface area contributed by atoms with Crippen LogP contribution in [0.1, 0.15) is 17.2 Å². The molecule has 0 heterocycles. The molecule has 146 valence electrons. The molecule has 27 heavy (non-hydrogen) atoms. The molecule has 2 aromatic carbocycles. The Morgan fingerprint density at radius 1 is 1.15 bits per heavy atom. The zero-order valence-electron chi connectivity index (χ0n) is 15.3. The second-order valence-corrected chi connectivity index (χ2v) is 6.54. The number of ether oxygens (including phenoxy) is 1. The summed E-state index contributed by atoms with van der Waals surface area (Å²) in [5, 5.41) is 6.11. The van der Waals surface area contributed by atoms with Crippen molar-refractivity contribution < 1.29 is 17.9 Å². The summed E-state index contributed by atoms with van der Waals surface area (Å²) >= 11 is 5.24. The van der Waals surface area contributed by atoms with E-state index in [4.69, 9.17) is 17.0 Å². The summed E-state index contributed by atoms with van der Waals surface area (Å²) in [7, 11) is 5.48. The van der Waals surface area contributed by atoms with Crippen LogP contribution in [0, 0.1) is 0 Å². The van der Waals surface area contributed by atoms with Crippen molar-refractivity contribution in [2.75, 3.05) is 33.1 Å². The summed E-state index contributed by atoms with van der Waals surface area (Å²) in [4.78, 5) is 2.01. The molecule has 8 heteroatoms. The van der Waals surface area contributed by atoms with E-state index in [1.807, 2.05) is 43.3 Å². The smallest absolute Gasteiger partial charge is 0.416 e. The summed E-state index contributed by atoms with van der Waals surface area (Å²) in [6, 6.07) is 12.5. The number of likely N-dealkylation sites (N-methyl/N-ethyl adjacent to an activating group) is 1. The zero-order chi connectivity index (χ0) is 20.0. The molecular formula is C19H22F3N3OS. The van der Waals surface area contributed by atoms with Gasteiger partial charge in [-0.25, -0.2) is 0 Å². The van der Waals surface area contributed by atoms with E-state index in [-0.39, 0.29) is 16.8 Å². The number of hydrogen-bond acceptors (Lipinski definition) is 3. The van der Waals surface area contributed by atoms with E-state index in [0.717, 1.165) is 23.4 Å². The van der Waals surface area contributed by atoms with Crippen LogP contribution < -0.4 is 15.4 Å². The second-order valence-electron chi connectivity index (χ2n) is 6.13. The molecule has 0 saturated heterocycles. The van der Waals surface area contributed by atoms with Crippen molar-refractivity contribution in [1.82, 2.24) is 10.2 Å². The van der Waals surface area contributed by atoms with Crippen molar-refractivity contribution in [3.63, 3.8) is 0 Å². The molecule has 0 radical (unpaired) electrons. The van der Waals surface area contributed by atoms with Crippen molar-refractivity contribution >= 4 is 23.0 Å². The van der Waals surface area contributed by atoms with Gasteiger partial charge in [0.15, 0.2) is 5.11 Å². The molecule has 2 aromatic rings. The lowest BCUT2D eigenvalue weighted by Crippen LogP contribution is -2.36. The number of anilines is 1. The molecule has 0 aliphatic carbocycles. The highest BCUT2D eigenvalue weighted by atomic mass is 32.1. The maximum absolute atomic E-state index is 12.8. The first kappa shape index (κ1) is 21.0. The Balaban J connectivity index is 2.05. The molecule has 2 N–H and O–H groups in total. The fourth-order valence-electron chi connectivity index (χ4n) is 2.65. The van der Waals surface area contributed by atoms with Crippen LogP contribution in [0.25, 0.3) is 0 Å². The number of benzene rings is 2. The van der Waals surface area contributed by atoms with Gasteiger partial charge in [-0.1, -0.05) is 24.3 Å². The van der Waals surface area contributed by atoms with Gasteiger partial charge in [-0.15, -0.1) is 0 Å². The minimum Gasteiger partial charge on any atom is -0.496 e. The number of nitrogens with zero attached hydrogens (tertiary/aromatic N) is 1. The van der Waals surface area contributed by atoms with Gasteiger partial charge in [0.25, 0.3) is 0 Å². The predicted octanol–water partition coefficient (Wildman–Crippen LogP) is 4.30. The van der Waals surface area contributed by atoms with Crippen LogP contribution in [-0.4, -0.2) is 37.8 Å². The molecule has 1 atom stereocenters. The average molecular weight is 397 g/mol. The van der Waals surface area contributed by atoms with Crippen molar-refractivity contribution in [3.8, 4) is 5.75 Å². The van der Waals surface area contributed by atoms with Crippen LogP contribution >= 0.6 is 12.2 Å². The Kier molecular flexibility index (Phi) is 7.04. The first-order chi connectivity index (χ1) is 12.7. The van der Waals surface area contributed by atoms with Crippen LogP contribution in [-0.2, 0) is 6.18 Å². The van der Waals surface area contributed by atoms with Gasteiger partial charge >= 0.3 is 6.18 Å². The highest BCUT2D eigenvalue weighted by Gasteiger charge is 2.30. The lowest BCUT2D eigenvalue weighted by atomic mass is 10.0. The van der Waals surface area contributed by atoms with Crippen molar-refractivity contribution in [2.24, 2.45) is 0 Å². The van der Waals surface area contributed by atoms with Crippen LogP contribution in [0.4, 0.5) is 18.9 Å². The minimum atomic E-state index is -4.40. The average Bonchev–Trinajstić information content (AvgIpc) is 2.61. The number of thiocarbonyl (C=S) groups is 1. The van der Waals surface area contributed by atoms with Crippen LogP contribution in [0.3, 0.4) is 0 Å². The lowest BCUT2D eigenvalue weighted by Gasteiger charge is -2.27. The van der Waals surface area contributed by atoms with Gasteiger partial charge in [0.1, 0.15) is 5.75 Å². The molecule has 0 saturated carbocycles. The summed E-state index contributed by atoms with van der Waals surface area (Å²) in [6.45, 7) is 0.457. The van der Waals surface area contributed by atoms with Gasteiger partial charge < -0.3 is 20.3 Å². The topological polar surface area (TPSA) is 36.5 Å². The summed E-state index contributed by atoms with van der Waals surface area (Å²) < 4.78 is 43.9. The van der Waals surface area contributed by atoms with E-state index in [9.17, 15) is 13.2 Å². The van der Waals surface area contributed by atoms with Crippen LogP contribution in [0.5, 0.6) is 5.75 Å². The molecule has 1 unspecified atom stereocenters. The van der Waals surface area contributed by atoms with Gasteiger partial charge in [-0.3, -0.25) is 0 Å². The largest absolute Gasteiger partial charge is 0.496 e. The standard InChI is InChI=1S/C19H22F3N3OS/c1-25(2)16(15-9-4-5-10-17(15)26-3)12-23-18(27)24-14-8-6-7-13(11-14)19(20,21)22/h4-11,16H,12H2,1-3H3,(H2,23,24,27). The first-order valence-electron chi connectivity index (χ1n) is 8.24. The highest BCUT2D eigenvalue weighted by molar-refractivity contribution is 7.80. The second kappa shape index (κ2) is 9.05. The van der Waals surface area contributed by atoms with Crippen molar-refractivity contribution in [1.29, 1.82) is 0 Å². The molecule has 0 aromatic heterocycles. The predicted molar refractivity (Wildman–Crippen MR) is 105 cm³/mol. The van der Waals surface area contributed by atoms with Gasteiger partial charge in [0.2, 0.25) is 0 Å². The lowest BCUT2D eigenvalue weighted by molar-refractivity contribution is -0.137. The normalized spacial score (nSPS) is 12.6. The van der Waals surface area contributed by atoms with E-state index >= 15 is 0 Å². The number of methoxy groups -OCH3 is 1. The van der Waals surface area contributed by atoms with E-state index in [1.165, 1.54) is 12.1 Å². The molecule has 4 nitrogen and oxygen atoms in total. The Labute approximate surface area is 162 Å². The molecule has 0 fully saturated rings. The summed E-state index contributed by atoms with van der Waals surface area (Å²) in [6.07, 6.45) is -4.40. The third-order valence-electron chi connectivity index (χ3n) is 4.03. The maximum Gasteiger partial charge on any atom is 0.416 e. The molecule has 0 aliphatic heterocycles. The van der Waals surface area contributed by atoms with Gasteiger partial charge in [-0.2, -0.15) is 13.2 Å². The number of para-hydroxylation sites is 1. The summed E-state index contributed by atoms with van der Waals surface area (Å²) in [5.74, 6) is 0.759. The number of halogens is 3. The maximum atomic E-state index is 12.8. The summed E-state index contributed by atoms with van der Waals surface area (Å²) in [5.41, 5.74) is 0.538. The fourth-order valence-corrected chi connectivity index (χ4v) is 2.85. The van der Waals surface area contributed by atoms with Crippen LogP contribution in [0.2, 0.25) is 0 Å². The Hall–Kier alpha value is -2.32. The molecule has 0 bridgehead atoms. The number of hydrogen-bond donors (Lipinski definition) is 2. The van der Waals surface area contributed by atoms with Gasteiger partial charge in [-0.05, 0) is 50.6 Å². The van der Waals surface area contributed by atoms with E-state index in [2.05, 4.69) is 10.6 Å². The third kappa shape index (κ3) is 5.83. The van der Waals surface area contributed by atoms with Crippen molar-refractivity contribution in [3.05, 3.63) is 59.7 Å². The third-order valence-corrected chi connectivity index (χ3v) is 4.27. The number of nitrogens with one attached hydrogen (secondary N) is 2. The monoisotopic (exact) mass is 397 g/mol. The molecule has 0 amide bonds. The Bertz CT molecular complexity index is 781. The first-order valence-corrected chi connectivity index (χ1v) is 8.64. The van der Waals surface area contributed by atoms with Crippen molar-refractivity contribution in [2.45, 2.75) is 12.2 Å².